The number of rotatable bonds is 9. The van der Waals surface area contributed by atoms with Gasteiger partial charge in [0.2, 0.25) is 0 Å². The van der Waals surface area contributed by atoms with E-state index in [0.717, 1.165) is 64.2 Å². The molecule has 0 aliphatic heterocycles. The van der Waals surface area contributed by atoms with Crippen molar-refractivity contribution in [2.24, 2.45) is 0 Å². The highest BCUT2D eigenvalue weighted by Crippen LogP contribution is 2.44. The van der Waals surface area contributed by atoms with Gasteiger partial charge in [-0.1, -0.05) is 219 Å². The van der Waals surface area contributed by atoms with Crippen LogP contribution in [0.4, 0.5) is 0 Å². The lowest BCUT2D eigenvalue weighted by Gasteiger charge is -2.22. The van der Waals surface area contributed by atoms with Gasteiger partial charge in [0.1, 0.15) is 0 Å². The summed E-state index contributed by atoms with van der Waals surface area (Å²) in [5.41, 5.74) is 18.5. The van der Waals surface area contributed by atoms with E-state index in [1.807, 2.05) is 0 Å². The Morgan fingerprint density at radius 2 is 1.19 bits per heavy atom. The van der Waals surface area contributed by atoms with Crippen LogP contribution >= 0.6 is 24.4 Å². The third kappa shape index (κ3) is 7.40. The Balaban J connectivity index is 0.852. The molecule has 4 heteroatoms. The van der Waals surface area contributed by atoms with Gasteiger partial charge < -0.3 is 4.57 Å². The van der Waals surface area contributed by atoms with Gasteiger partial charge in [0.05, 0.1) is 32.2 Å². The predicted molar refractivity (Wildman–Crippen MR) is 291 cm³/mol. The summed E-state index contributed by atoms with van der Waals surface area (Å²) in [6.07, 6.45) is 14.3. The van der Waals surface area contributed by atoms with Crippen molar-refractivity contribution in [3.63, 3.8) is 0 Å². The summed E-state index contributed by atoms with van der Waals surface area (Å²) < 4.78 is 2.44. The summed E-state index contributed by atoms with van der Waals surface area (Å²) >= 11 is 12.3. The van der Waals surface area contributed by atoms with Gasteiger partial charge >= 0.3 is 0 Å². The van der Waals surface area contributed by atoms with E-state index in [4.69, 9.17) is 29.4 Å². The van der Waals surface area contributed by atoms with Crippen LogP contribution < -0.4 is 0 Å². The molecule has 0 N–H and O–H groups in total. The van der Waals surface area contributed by atoms with Gasteiger partial charge in [-0.2, -0.15) is 0 Å². The Morgan fingerprint density at radius 3 is 1.96 bits per heavy atom. The first-order valence-corrected chi connectivity index (χ1v) is 23.9. The molecule has 0 saturated carbocycles. The maximum absolute atomic E-state index is 6.14. The lowest BCUT2D eigenvalue weighted by atomic mass is 9.84. The minimum absolute atomic E-state index is 0.100. The second-order valence-corrected chi connectivity index (χ2v) is 18.4. The molecule has 1 atom stereocenters. The van der Waals surface area contributed by atoms with Crippen LogP contribution in [-0.2, 0) is 6.42 Å². The number of fused-ring (bicyclic) bond motifs is 8. The molecule has 10 aromatic rings. The number of aromatic nitrogens is 2. The van der Waals surface area contributed by atoms with Crippen molar-refractivity contribution in [1.82, 2.24) is 9.55 Å². The third-order valence-corrected chi connectivity index (χ3v) is 14.6. The first kappa shape index (κ1) is 40.8. The van der Waals surface area contributed by atoms with Gasteiger partial charge in [0.15, 0.2) is 0 Å². The van der Waals surface area contributed by atoms with Crippen LogP contribution in [0.25, 0.3) is 83.4 Å². The summed E-state index contributed by atoms with van der Waals surface area (Å²) in [7, 11) is 0. The van der Waals surface area contributed by atoms with E-state index in [2.05, 4.69) is 229 Å². The Bertz CT molecular complexity index is 3670. The van der Waals surface area contributed by atoms with E-state index in [-0.39, 0.29) is 5.92 Å². The van der Waals surface area contributed by atoms with E-state index in [9.17, 15) is 0 Å². The number of benzene rings is 8. The standard InChI is InChI=1S/C63H44N2S2/c66-62(63(67)45-33-35-50(36-34-45)65-58-28-12-11-27-56(58)59-54-25-9-7-23-52(54)53-24-8-10-26-55(53)61(59)65)44-31-29-43(30-32-44)57-38-37-51(48-21-13-19-46(39-48)41-15-3-1-4-16-41)60(64-57)49-22-14-20-47(40-49)42-17-5-2-6-18-42/h1-8,10-24,26-39,49H,9,25,40H2. The number of pyridine rings is 1. The molecule has 0 spiro atoms. The molecule has 2 aromatic heterocycles. The average molecular weight is 893 g/mol. The predicted octanol–water partition coefficient (Wildman–Crippen LogP) is 16.6. The molecule has 0 amide bonds. The van der Waals surface area contributed by atoms with Crippen molar-refractivity contribution in [1.29, 1.82) is 0 Å². The van der Waals surface area contributed by atoms with Gasteiger partial charge in [0.25, 0.3) is 0 Å². The van der Waals surface area contributed by atoms with Gasteiger partial charge in [-0.25, -0.2) is 0 Å². The molecule has 2 aliphatic carbocycles. The minimum atomic E-state index is 0.100. The van der Waals surface area contributed by atoms with E-state index >= 15 is 0 Å². The fraction of sp³-hybridized carbons (Fsp3) is 0.0635. The lowest BCUT2D eigenvalue weighted by molar-refractivity contribution is 0.831. The van der Waals surface area contributed by atoms with E-state index in [1.165, 1.54) is 66.0 Å². The molecule has 8 aromatic carbocycles. The van der Waals surface area contributed by atoms with Crippen molar-refractivity contribution in [3.05, 3.63) is 252 Å². The molecule has 0 radical (unpaired) electrons. The highest BCUT2D eigenvalue weighted by molar-refractivity contribution is 7.90. The first-order valence-electron chi connectivity index (χ1n) is 23.1. The van der Waals surface area contributed by atoms with Crippen LogP contribution in [0.15, 0.2) is 218 Å². The largest absolute Gasteiger partial charge is 0.309 e. The number of hydrogen-bond acceptors (Lipinski definition) is 3. The molecule has 0 saturated heterocycles. The molecular weight excluding hydrogens is 849 g/mol. The van der Waals surface area contributed by atoms with Gasteiger partial charge in [-0.15, -0.1) is 0 Å². The van der Waals surface area contributed by atoms with Crippen LogP contribution in [0.5, 0.6) is 0 Å². The fourth-order valence-electron chi connectivity index (χ4n) is 10.4. The monoisotopic (exact) mass is 892 g/mol. The normalized spacial score (nSPS) is 14.3. The van der Waals surface area contributed by atoms with Crippen molar-refractivity contribution >= 4 is 78.4 Å². The summed E-state index contributed by atoms with van der Waals surface area (Å²) in [6, 6.07) is 69.2. The van der Waals surface area contributed by atoms with Crippen LogP contribution in [0.1, 0.15) is 52.3 Å². The summed E-state index contributed by atoms with van der Waals surface area (Å²) in [4.78, 5) is 6.82. The number of nitrogens with zero attached hydrogens (tertiary/aromatic N) is 2. The number of thiocarbonyl (C=S) groups is 2. The SMILES string of the molecule is S=C(C(=S)c1ccc(-n2c3ccccc3c3c4c(c5ccccc5c32)C=CCC4)cc1)c1ccc(-c2ccc(-c3cccc(-c4ccccc4)c3)c(C3C=CC=C(c4ccccc4)C3)n2)cc1. The van der Waals surface area contributed by atoms with Crippen LogP contribution in [0.2, 0.25) is 0 Å². The van der Waals surface area contributed by atoms with E-state index in [1.54, 1.807) is 0 Å². The highest BCUT2D eigenvalue weighted by atomic mass is 32.1. The second kappa shape index (κ2) is 17.3. The average Bonchev–Trinajstić information content (AvgIpc) is 3.77. The van der Waals surface area contributed by atoms with E-state index < -0.39 is 0 Å². The molecule has 2 nitrogen and oxygen atoms in total. The molecule has 1 unspecified atom stereocenters. The van der Waals surface area contributed by atoms with Gasteiger partial charge in [0, 0.05) is 38.9 Å². The maximum Gasteiger partial charge on any atom is 0.0706 e. The molecule has 12 rings (SSSR count). The summed E-state index contributed by atoms with van der Waals surface area (Å²) in [5, 5.41) is 5.21. The van der Waals surface area contributed by atoms with Gasteiger partial charge in [-0.3, -0.25) is 4.98 Å². The zero-order valence-corrected chi connectivity index (χ0v) is 38.4. The Labute approximate surface area is 401 Å². The van der Waals surface area contributed by atoms with Crippen LogP contribution in [0.3, 0.4) is 0 Å². The molecule has 0 bridgehead atoms. The Hall–Kier alpha value is -7.63. The highest BCUT2D eigenvalue weighted by Gasteiger charge is 2.24. The first-order chi connectivity index (χ1) is 33.1. The van der Waals surface area contributed by atoms with Crippen molar-refractivity contribution in [2.45, 2.75) is 25.2 Å². The van der Waals surface area contributed by atoms with Gasteiger partial charge in [-0.05, 0) is 105 Å². The smallest absolute Gasteiger partial charge is 0.0706 e. The number of allylic oxidation sites excluding steroid dienone is 5. The molecule has 318 valence electrons. The number of hydrogen-bond donors (Lipinski definition) is 0. The Kier molecular flexibility index (Phi) is 10.5. The second-order valence-electron chi connectivity index (χ2n) is 17.6. The summed E-state index contributed by atoms with van der Waals surface area (Å²) in [6.45, 7) is 0. The molecule has 67 heavy (non-hydrogen) atoms. The zero-order chi connectivity index (χ0) is 44.8. The van der Waals surface area contributed by atoms with Crippen molar-refractivity contribution in [3.8, 4) is 39.2 Å². The molecule has 2 aliphatic rings. The Morgan fingerprint density at radius 1 is 0.552 bits per heavy atom. The summed E-state index contributed by atoms with van der Waals surface area (Å²) in [5.74, 6) is 0.100. The number of aryl methyl sites for hydroxylation is 1. The third-order valence-electron chi connectivity index (χ3n) is 13.6. The topological polar surface area (TPSA) is 17.8 Å². The zero-order valence-electron chi connectivity index (χ0n) is 36.8. The molecule has 0 fully saturated rings. The minimum Gasteiger partial charge on any atom is -0.309 e. The van der Waals surface area contributed by atoms with Crippen LogP contribution in [0, 0.1) is 0 Å². The lowest BCUT2D eigenvalue weighted by Crippen LogP contribution is -2.12. The van der Waals surface area contributed by atoms with Crippen LogP contribution in [-0.4, -0.2) is 19.3 Å². The van der Waals surface area contributed by atoms with Crippen molar-refractivity contribution in [2.75, 3.05) is 0 Å². The molecular formula is C63H44N2S2. The molecule has 2 heterocycles. The number of para-hydroxylation sites is 1. The maximum atomic E-state index is 6.14. The van der Waals surface area contributed by atoms with Crippen molar-refractivity contribution < 1.29 is 0 Å². The van der Waals surface area contributed by atoms with E-state index in [0.29, 0.717) is 9.73 Å². The quantitative estimate of drug-likeness (QED) is 0.106. The fourth-order valence-corrected chi connectivity index (χ4v) is 10.9.